The number of aromatic amines is 1. The fourth-order valence-corrected chi connectivity index (χ4v) is 4.15. The van der Waals surface area contributed by atoms with Gasteiger partial charge in [-0.15, -0.1) is 0 Å². The van der Waals surface area contributed by atoms with Crippen molar-refractivity contribution in [2.75, 3.05) is 31.1 Å². The van der Waals surface area contributed by atoms with E-state index < -0.39 is 0 Å². The third-order valence-electron chi connectivity index (χ3n) is 5.87. The Bertz CT molecular complexity index is 1220. The quantitative estimate of drug-likeness (QED) is 0.567. The molecular formula is C22H23FN6O. The number of benzene rings is 1. The molecule has 5 rings (SSSR count). The van der Waals surface area contributed by atoms with Gasteiger partial charge in [-0.1, -0.05) is 6.07 Å². The number of rotatable bonds is 3. The zero-order chi connectivity index (χ0) is 20.8. The summed E-state index contributed by atoms with van der Waals surface area (Å²) in [4.78, 5) is 24.5. The van der Waals surface area contributed by atoms with E-state index in [-0.39, 0.29) is 11.4 Å². The molecule has 154 valence electrons. The van der Waals surface area contributed by atoms with Crippen LogP contribution in [0, 0.1) is 5.82 Å². The van der Waals surface area contributed by atoms with Gasteiger partial charge in [-0.25, -0.2) is 9.37 Å². The summed E-state index contributed by atoms with van der Waals surface area (Å²) >= 11 is 0. The second-order valence-corrected chi connectivity index (χ2v) is 7.89. The summed E-state index contributed by atoms with van der Waals surface area (Å²) in [5.41, 5.74) is 1.53. The molecular weight excluding hydrogens is 383 g/mol. The van der Waals surface area contributed by atoms with Gasteiger partial charge >= 0.3 is 0 Å². The van der Waals surface area contributed by atoms with Crippen molar-refractivity contribution >= 4 is 16.6 Å². The molecule has 2 aromatic rings. The van der Waals surface area contributed by atoms with Gasteiger partial charge in [0.25, 0.3) is 5.56 Å². The van der Waals surface area contributed by atoms with Crippen molar-refractivity contribution in [3.05, 3.63) is 58.9 Å². The molecule has 0 bridgehead atoms. The van der Waals surface area contributed by atoms with Gasteiger partial charge in [-0.3, -0.25) is 9.69 Å². The molecule has 0 aliphatic carbocycles. The van der Waals surface area contributed by atoms with Crippen molar-refractivity contribution in [3.8, 4) is 17.1 Å². The minimum absolute atomic E-state index is 0.281. The van der Waals surface area contributed by atoms with Crippen LogP contribution in [0.2, 0.25) is 0 Å². The number of pyridine rings is 2. The van der Waals surface area contributed by atoms with Crippen LogP contribution in [-0.2, 0) is 0 Å². The van der Waals surface area contributed by atoms with Gasteiger partial charge in [-0.05, 0) is 38.1 Å². The third-order valence-corrected chi connectivity index (χ3v) is 5.87. The maximum atomic E-state index is 15.5. The Labute approximate surface area is 173 Å². The molecule has 7 nitrogen and oxygen atoms in total. The number of anilines is 1. The summed E-state index contributed by atoms with van der Waals surface area (Å²) in [5, 5.41) is 5.04. The van der Waals surface area contributed by atoms with E-state index >= 15 is 4.39 Å². The first kappa shape index (κ1) is 18.7. The zero-order valence-corrected chi connectivity index (χ0v) is 17.0. The van der Waals surface area contributed by atoms with E-state index in [0.717, 1.165) is 26.2 Å². The van der Waals surface area contributed by atoms with E-state index in [0.29, 0.717) is 39.7 Å². The molecule has 1 aromatic heterocycles. The van der Waals surface area contributed by atoms with Crippen LogP contribution in [0.4, 0.5) is 10.1 Å². The van der Waals surface area contributed by atoms with Gasteiger partial charge in [-0.2, -0.15) is 9.78 Å². The summed E-state index contributed by atoms with van der Waals surface area (Å²) in [6.07, 6.45) is 3.15. The van der Waals surface area contributed by atoms with Gasteiger partial charge in [0.05, 0.1) is 16.8 Å². The molecule has 3 aliphatic heterocycles. The summed E-state index contributed by atoms with van der Waals surface area (Å²) < 4.78 is 16.7. The molecule has 0 atom stereocenters. The second kappa shape index (κ2) is 7.21. The van der Waals surface area contributed by atoms with Crippen LogP contribution >= 0.6 is 0 Å². The lowest BCUT2D eigenvalue weighted by molar-refractivity contribution is 0.209. The number of nitrogens with one attached hydrogen (secondary N) is 1. The first-order valence-corrected chi connectivity index (χ1v) is 10.2. The Morgan fingerprint density at radius 2 is 1.90 bits per heavy atom. The molecule has 1 aromatic carbocycles. The predicted molar refractivity (Wildman–Crippen MR) is 115 cm³/mol. The van der Waals surface area contributed by atoms with Crippen LogP contribution in [0.15, 0.2) is 47.5 Å². The summed E-state index contributed by atoms with van der Waals surface area (Å²) in [6, 6.07) is 9.42. The van der Waals surface area contributed by atoms with Crippen molar-refractivity contribution < 1.29 is 4.39 Å². The van der Waals surface area contributed by atoms with Crippen molar-refractivity contribution in [1.82, 2.24) is 24.6 Å². The van der Waals surface area contributed by atoms with Gasteiger partial charge < -0.3 is 9.88 Å². The van der Waals surface area contributed by atoms with Crippen LogP contribution in [0.25, 0.3) is 28.0 Å². The molecule has 3 aliphatic rings. The van der Waals surface area contributed by atoms with Gasteiger partial charge in [0.2, 0.25) is 0 Å². The molecule has 1 saturated heterocycles. The van der Waals surface area contributed by atoms with Crippen LogP contribution in [-0.4, -0.2) is 56.9 Å². The number of aromatic nitrogens is 4. The molecule has 0 saturated carbocycles. The maximum absolute atomic E-state index is 15.5. The van der Waals surface area contributed by atoms with Crippen molar-refractivity contribution in [3.63, 3.8) is 0 Å². The minimum atomic E-state index is -0.313. The van der Waals surface area contributed by atoms with E-state index in [4.69, 9.17) is 0 Å². The normalized spacial score (nSPS) is 15.5. The maximum Gasteiger partial charge on any atom is 0.283 e. The number of nitrogens with zero attached hydrogens (tertiary/aromatic N) is 5. The molecule has 0 radical (unpaired) electrons. The first-order valence-electron chi connectivity index (χ1n) is 10.2. The van der Waals surface area contributed by atoms with Crippen LogP contribution < -0.4 is 10.5 Å². The summed E-state index contributed by atoms with van der Waals surface area (Å²) in [5.74, 6) is 0.124. The summed E-state index contributed by atoms with van der Waals surface area (Å²) in [6.45, 7) is 7.74. The highest BCUT2D eigenvalue weighted by atomic mass is 19.1. The Balaban J connectivity index is 1.57. The topological polar surface area (TPSA) is 70.0 Å². The molecule has 0 amide bonds. The highest BCUT2D eigenvalue weighted by molar-refractivity contribution is 5.95. The molecule has 4 heterocycles. The molecule has 0 spiro atoms. The fourth-order valence-electron chi connectivity index (χ4n) is 4.15. The third kappa shape index (κ3) is 2.95. The molecule has 1 fully saturated rings. The first-order chi connectivity index (χ1) is 14.5. The molecule has 0 unspecified atom stereocenters. The Hall–Kier alpha value is -3.26. The fraction of sp³-hybridized carbons (Fsp3) is 0.318. The minimum Gasteiger partial charge on any atom is -0.367 e. The molecule has 8 heteroatoms. The van der Waals surface area contributed by atoms with Crippen molar-refractivity contribution in [2.24, 2.45) is 0 Å². The Morgan fingerprint density at radius 3 is 2.60 bits per heavy atom. The number of fused-ring (bicyclic) bond motifs is 3. The van der Waals surface area contributed by atoms with Gasteiger partial charge in [0.15, 0.2) is 11.6 Å². The predicted octanol–water partition coefficient (Wildman–Crippen LogP) is 2.88. The van der Waals surface area contributed by atoms with Crippen molar-refractivity contribution in [2.45, 2.75) is 19.9 Å². The number of hydrogen-bond donors (Lipinski definition) is 1. The SMILES string of the molecule is CC(C)N1CCN(c2ccc3c4nn(-c5ccccn5)c(=O)c-4c[nH]c3c2F)CC1. The smallest absolute Gasteiger partial charge is 0.283 e. The second-order valence-electron chi connectivity index (χ2n) is 7.89. The largest absolute Gasteiger partial charge is 0.367 e. The van der Waals surface area contributed by atoms with Crippen molar-refractivity contribution in [1.29, 1.82) is 0 Å². The lowest BCUT2D eigenvalue weighted by Gasteiger charge is -2.38. The van der Waals surface area contributed by atoms with E-state index in [9.17, 15) is 4.79 Å². The highest BCUT2D eigenvalue weighted by Gasteiger charge is 2.25. The average molecular weight is 406 g/mol. The number of H-pyrrole nitrogens is 1. The monoisotopic (exact) mass is 406 g/mol. The van der Waals surface area contributed by atoms with Gasteiger partial charge in [0, 0.05) is 50.0 Å². The molecule has 30 heavy (non-hydrogen) atoms. The van der Waals surface area contributed by atoms with E-state index in [1.54, 1.807) is 30.5 Å². The van der Waals surface area contributed by atoms with Crippen LogP contribution in [0.3, 0.4) is 0 Å². The highest BCUT2D eigenvalue weighted by Crippen LogP contribution is 2.32. The van der Waals surface area contributed by atoms with E-state index in [2.05, 4.69) is 38.7 Å². The standard InChI is InChI=1S/C22H23FN6O/c1-14(2)27-9-11-28(12-10-27)17-7-6-15-20-16(13-25-21(15)19(17)23)22(30)29(26-20)18-5-3-4-8-24-18/h3-8,13-14,25H,9-12H2,1-2H3. The summed E-state index contributed by atoms with van der Waals surface area (Å²) in [7, 11) is 0. The Morgan fingerprint density at radius 1 is 1.10 bits per heavy atom. The molecule has 1 N–H and O–H groups in total. The van der Waals surface area contributed by atoms with Gasteiger partial charge in [0.1, 0.15) is 5.69 Å². The van der Waals surface area contributed by atoms with Crippen LogP contribution in [0.1, 0.15) is 13.8 Å². The lowest BCUT2D eigenvalue weighted by atomic mass is 10.1. The van der Waals surface area contributed by atoms with Crippen LogP contribution in [0.5, 0.6) is 0 Å². The lowest BCUT2D eigenvalue weighted by Crippen LogP contribution is -2.49. The average Bonchev–Trinajstić information content (AvgIpc) is 3.12. The zero-order valence-electron chi connectivity index (χ0n) is 17.0. The van der Waals surface area contributed by atoms with E-state index in [1.807, 2.05) is 6.07 Å². The number of piperazine rings is 1. The Kier molecular flexibility index (Phi) is 4.51. The number of hydrogen-bond acceptors (Lipinski definition) is 5. The van der Waals surface area contributed by atoms with E-state index in [1.165, 1.54) is 10.9 Å². The number of halogens is 1.